The highest BCUT2D eigenvalue weighted by Crippen LogP contribution is 2.28. The van der Waals surface area contributed by atoms with Crippen molar-refractivity contribution in [3.63, 3.8) is 0 Å². The summed E-state index contributed by atoms with van der Waals surface area (Å²) in [6.45, 7) is 0.575. The molecule has 0 heterocycles. The van der Waals surface area contributed by atoms with Crippen molar-refractivity contribution in [3.05, 3.63) is 65.5 Å². The van der Waals surface area contributed by atoms with Gasteiger partial charge in [-0.3, -0.25) is 10.1 Å². The fourth-order valence-electron chi connectivity index (χ4n) is 1.61. The minimum atomic E-state index is -0.409. The molecule has 2 aromatic carbocycles. The van der Waals surface area contributed by atoms with Crippen LogP contribution in [-0.4, -0.2) is 4.92 Å². The summed E-state index contributed by atoms with van der Waals surface area (Å²) in [4.78, 5) is 10.4. The Labute approximate surface area is 141 Å². The highest BCUT2D eigenvalue weighted by Gasteiger charge is 2.09. The summed E-state index contributed by atoms with van der Waals surface area (Å²) in [7, 11) is 0. The van der Waals surface area contributed by atoms with Crippen molar-refractivity contribution in [2.45, 2.75) is 6.54 Å². The zero-order chi connectivity index (χ0) is 14.7. The number of benzene rings is 2. The van der Waals surface area contributed by atoms with Crippen molar-refractivity contribution in [1.29, 1.82) is 0 Å². The number of anilines is 1. The van der Waals surface area contributed by atoms with Crippen LogP contribution in [0, 0.1) is 10.1 Å². The first-order chi connectivity index (χ1) is 9.47. The van der Waals surface area contributed by atoms with Crippen LogP contribution in [-0.2, 0) is 6.54 Å². The summed E-state index contributed by atoms with van der Waals surface area (Å²) in [5.74, 6) is 0. The molecule has 0 spiro atoms. The highest BCUT2D eigenvalue weighted by atomic mass is 79.9. The van der Waals surface area contributed by atoms with Gasteiger partial charge in [0, 0.05) is 32.1 Å². The van der Waals surface area contributed by atoms with Crippen LogP contribution in [0.25, 0.3) is 0 Å². The zero-order valence-electron chi connectivity index (χ0n) is 10.1. The minimum Gasteiger partial charge on any atom is -0.380 e. The van der Waals surface area contributed by atoms with Crippen molar-refractivity contribution in [2.75, 3.05) is 5.32 Å². The molecule has 0 saturated carbocycles. The Morgan fingerprint density at radius 1 is 1.00 bits per heavy atom. The quantitative estimate of drug-likeness (QED) is 0.480. The standard InChI is InChI=1S/C13H9Br3N2O2/c14-10-3-1-8(5-12(10)16)7-17-13-6-9(18(19)20)2-4-11(13)15/h1-6,17H,7H2. The fraction of sp³-hybridized carbons (Fsp3) is 0.0769. The van der Waals surface area contributed by atoms with E-state index >= 15 is 0 Å². The number of nitrogens with one attached hydrogen (secondary N) is 1. The van der Waals surface area contributed by atoms with E-state index in [0.717, 1.165) is 19.0 Å². The van der Waals surface area contributed by atoms with Gasteiger partial charge in [-0.1, -0.05) is 6.07 Å². The molecule has 0 atom stereocenters. The first-order valence-electron chi connectivity index (χ1n) is 5.59. The van der Waals surface area contributed by atoms with E-state index in [1.54, 1.807) is 6.07 Å². The van der Waals surface area contributed by atoms with Crippen LogP contribution in [0.1, 0.15) is 5.56 Å². The Bertz CT molecular complexity index is 662. The van der Waals surface area contributed by atoms with Crippen molar-refractivity contribution < 1.29 is 4.92 Å². The second kappa shape index (κ2) is 6.69. The monoisotopic (exact) mass is 462 g/mol. The maximum atomic E-state index is 10.8. The number of hydrogen-bond donors (Lipinski definition) is 1. The molecule has 1 N–H and O–H groups in total. The summed E-state index contributed by atoms with van der Waals surface area (Å²) in [6.07, 6.45) is 0. The first kappa shape index (κ1) is 15.5. The normalized spacial score (nSPS) is 10.3. The maximum absolute atomic E-state index is 10.8. The van der Waals surface area contributed by atoms with E-state index in [-0.39, 0.29) is 5.69 Å². The molecule has 20 heavy (non-hydrogen) atoms. The average Bonchev–Trinajstić information content (AvgIpc) is 2.41. The molecular formula is C13H9Br3N2O2. The molecule has 0 amide bonds. The number of nitro groups is 1. The molecule has 0 aliphatic heterocycles. The smallest absolute Gasteiger partial charge is 0.271 e. The molecule has 2 aromatic rings. The predicted octanol–water partition coefficient (Wildman–Crippen LogP) is 5.49. The number of nitro benzene ring substituents is 1. The maximum Gasteiger partial charge on any atom is 0.271 e. The lowest BCUT2D eigenvalue weighted by Gasteiger charge is -2.09. The fourth-order valence-corrected chi connectivity index (χ4v) is 2.67. The molecule has 2 rings (SSSR count). The third-order valence-corrected chi connectivity index (χ3v) is 5.20. The second-order valence-electron chi connectivity index (χ2n) is 4.02. The second-order valence-corrected chi connectivity index (χ2v) is 6.59. The average molecular weight is 465 g/mol. The van der Waals surface area contributed by atoms with Gasteiger partial charge in [-0.2, -0.15) is 0 Å². The van der Waals surface area contributed by atoms with Gasteiger partial charge in [0.05, 0.1) is 10.6 Å². The lowest BCUT2D eigenvalue weighted by atomic mass is 10.2. The van der Waals surface area contributed by atoms with Crippen LogP contribution in [0.5, 0.6) is 0 Å². The van der Waals surface area contributed by atoms with E-state index in [4.69, 9.17) is 0 Å². The molecule has 0 aromatic heterocycles. The Morgan fingerprint density at radius 3 is 2.35 bits per heavy atom. The van der Waals surface area contributed by atoms with Crippen molar-refractivity contribution >= 4 is 59.2 Å². The molecular weight excluding hydrogens is 456 g/mol. The van der Waals surface area contributed by atoms with Gasteiger partial charge in [-0.05, 0) is 71.6 Å². The molecule has 104 valence electrons. The van der Waals surface area contributed by atoms with Crippen LogP contribution in [0.4, 0.5) is 11.4 Å². The van der Waals surface area contributed by atoms with Crippen LogP contribution < -0.4 is 5.32 Å². The van der Waals surface area contributed by atoms with Crippen molar-refractivity contribution in [2.24, 2.45) is 0 Å². The molecule has 0 bridgehead atoms. The number of nitrogens with zero attached hydrogens (tertiary/aromatic N) is 1. The molecule has 4 nitrogen and oxygen atoms in total. The van der Waals surface area contributed by atoms with E-state index in [1.165, 1.54) is 12.1 Å². The Morgan fingerprint density at radius 2 is 1.70 bits per heavy atom. The SMILES string of the molecule is O=[N+]([O-])c1ccc(Br)c(NCc2ccc(Br)c(Br)c2)c1. The van der Waals surface area contributed by atoms with E-state index in [0.29, 0.717) is 12.2 Å². The Hall–Kier alpha value is -0.920. The summed E-state index contributed by atoms with van der Waals surface area (Å²) < 4.78 is 2.74. The van der Waals surface area contributed by atoms with Crippen LogP contribution >= 0.6 is 47.8 Å². The third kappa shape index (κ3) is 3.80. The van der Waals surface area contributed by atoms with Gasteiger partial charge < -0.3 is 5.32 Å². The van der Waals surface area contributed by atoms with E-state index < -0.39 is 4.92 Å². The summed E-state index contributed by atoms with van der Waals surface area (Å²) in [5.41, 5.74) is 1.82. The van der Waals surface area contributed by atoms with Gasteiger partial charge in [0.15, 0.2) is 0 Å². The Kier molecular flexibility index (Phi) is 5.17. The topological polar surface area (TPSA) is 55.2 Å². The van der Waals surface area contributed by atoms with Gasteiger partial charge in [0.25, 0.3) is 5.69 Å². The molecule has 0 radical (unpaired) electrons. The van der Waals surface area contributed by atoms with E-state index in [2.05, 4.69) is 53.1 Å². The highest BCUT2D eigenvalue weighted by molar-refractivity contribution is 9.13. The lowest BCUT2D eigenvalue weighted by Crippen LogP contribution is -2.01. The number of rotatable bonds is 4. The molecule has 0 saturated heterocycles. The van der Waals surface area contributed by atoms with Gasteiger partial charge in [-0.25, -0.2) is 0 Å². The molecule has 0 aliphatic carbocycles. The van der Waals surface area contributed by atoms with Crippen molar-refractivity contribution in [1.82, 2.24) is 0 Å². The minimum absolute atomic E-state index is 0.0627. The number of halogens is 3. The predicted molar refractivity (Wildman–Crippen MR) is 90.0 cm³/mol. The summed E-state index contributed by atoms with van der Waals surface area (Å²) >= 11 is 10.2. The van der Waals surface area contributed by atoms with E-state index in [1.807, 2.05) is 18.2 Å². The van der Waals surface area contributed by atoms with Crippen LogP contribution in [0.2, 0.25) is 0 Å². The number of non-ortho nitro benzene ring substituents is 1. The summed E-state index contributed by atoms with van der Waals surface area (Å²) in [5, 5.41) is 14.0. The van der Waals surface area contributed by atoms with Crippen LogP contribution in [0.3, 0.4) is 0 Å². The third-order valence-electron chi connectivity index (χ3n) is 2.63. The first-order valence-corrected chi connectivity index (χ1v) is 7.97. The van der Waals surface area contributed by atoms with Gasteiger partial charge >= 0.3 is 0 Å². The molecule has 0 unspecified atom stereocenters. The zero-order valence-corrected chi connectivity index (χ0v) is 14.8. The van der Waals surface area contributed by atoms with Gasteiger partial charge in [0.2, 0.25) is 0 Å². The number of hydrogen-bond acceptors (Lipinski definition) is 3. The Balaban J connectivity index is 2.15. The van der Waals surface area contributed by atoms with Crippen LogP contribution in [0.15, 0.2) is 49.8 Å². The molecule has 7 heteroatoms. The van der Waals surface area contributed by atoms with Crippen molar-refractivity contribution in [3.8, 4) is 0 Å². The van der Waals surface area contributed by atoms with E-state index in [9.17, 15) is 10.1 Å². The molecule has 0 fully saturated rings. The summed E-state index contributed by atoms with van der Waals surface area (Å²) in [6, 6.07) is 10.6. The molecule has 0 aliphatic rings. The lowest BCUT2D eigenvalue weighted by molar-refractivity contribution is -0.384. The largest absolute Gasteiger partial charge is 0.380 e. The van der Waals surface area contributed by atoms with Gasteiger partial charge in [0.1, 0.15) is 0 Å². The van der Waals surface area contributed by atoms with Gasteiger partial charge in [-0.15, -0.1) is 0 Å².